The molecule has 0 saturated heterocycles. The quantitative estimate of drug-likeness (QED) is 0.786. The summed E-state index contributed by atoms with van der Waals surface area (Å²) in [5.41, 5.74) is -1.87. The summed E-state index contributed by atoms with van der Waals surface area (Å²) in [7, 11) is 0. The zero-order valence-corrected chi connectivity index (χ0v) is 15.4. The number of amides is 1. The van der Waals surface area contributed by atoms with Crippen molar-refractivity contribution < 1.29 is 27.4 Å². The lowest BCUT2D eigenvalue weighted by atomic mass is 9.83. The first kappa shape index (κ1) is 19.4. The molecule has 0 aliphatic carbocycles. The van der Waals surface area contributed by atoms with Crippen molar-refractivity contribution in [3.05, 3.63) is 52.5 Å². The van der Waals surface area contributed by atoms with E-state index in [1.165, 1.54) is 6.07 Å². The Balaban J connectivity index is 1.90. The number of nitrogens with one attached hydrogen (secondary N) is 1. The smallest absolute Gasteiger partial charge is 0.418 e. The monoisotopic (exact) mass is 399 g/mol. The Hall–Kier alpha value is -2.41. The van der Waals surface area contributed by atoms with Gasteiger partial charge in [-0.2, -0.15) is 13.2 Å². The molecule has 1 amide bonds. The van der Waals surface area contributed by atoms with E-state index in [1.54, 1.807) is 32.0 Å². The molecule has 8 heteroatoms. The van der Waals surface area contributed by atoms with E-state index in [0.717, 1.165) is 12.1 Å². The van der Waals surface area contributed by atoms with Crippen LogP contribution in [0.4, 0.5) is 18.9 Å². The Kier molecular flexibility index (Phi) is 4.99. The molecular formula is C19H17ClF3NO3. The molecule has 0 saturated carbocycles. The fourth-order valence-electron chi connectivity index (χ4n) is 2.70. The molecular weight excluding hydrogens is 383 g/mol. The molecule has 1 heterocycles. The van der Waals surface area contributed by atoms with Crippen LogP contribution in [0.3, 0.4) is 0 Å². The largest absolute Gasteiger partial charge is 0.486 e. The van der Waals surface area contributed by atoms with E-state index in [0.29, 0.717) is 30.3 Å². The molecule has 0 unspecified atom stereocenters. The summed E-state index contributed by atoms with van der Waals surface area (Å²) in [4.78, 5) is 12.8. The molecule has 0 fully saturated rings. The molecule has 0 aromatic heterocycles. The van der Waals surface area contributed by atoms with Gasteiger partial charge in [0.15, 0.2) is 11.5 Å². The maximum atomic E-state index is 13.2. The Bertz CT molecular complexity index is 881. The molecule has 2 aromatic carbocycles. The highest BCUT2D eigenvalue weighted by Crippen LogP contribution is 2.39. The van der Waals surface area contributed by atoms with Crippen LogP contribution in [0.2, 0.25) is 5.02 Å². The number of rotatable bonds is 3. The minimum atomic E-state index is -4.64. The average Bonchev–Trinajstić information content (AvgIpc) is 2.61. The first-order valence-electron chi connectivity index (χ1n) is 8.17. The Labute approximate surface area is 159 Å². The van der Waals surface area contributed by atoms with Gasteiger partial charge >= 0.3 is 6.18 Å². The van der Waals surface area contributed by atoms with Crippen LogP contribution in [0.15, 0.2) is 36.4 Å². The fraction of sp³-hybridized carbons (Fsp3) is 0.316. The van der Waals surface area contributed by atoms with Gasteiger partial charge in [-0.05, 0) is 49.7 Å². The molecule has 2 aromatic rings. The molecule has 1 aliphatic rings. The van der Waals surface area contributed by atoms with Crippen molar-refractivity contribution in [2.75, 3.05) is 18.5 Å². The molecule has 3 rings (SSSR count). The molecule has 1 N–H and O–H groups in total. The van der Waals surface area contributed by atoms with Crippen LogP contribution in [-0.2, 0) is 16.4 Å². The minimum absolute atomic E-state index is 0.0635. The number of ether oxygens (including phenoxy) is 2. The molecule has 0 atom stereocenters. The summed E-state index contributed by atoms with van der Waals surface area (Å²) in [5, 5.41) is 2.31. The number of benzene rings is 2. The normalized spacial score (nSPS) is 14.0. The van der Waals surface area contributed by atoms with Crippen LogP contribution >= 0.6 is 11.6 Å². The Morgan fingerprint density at radius 2 is 1.70 bits per heavy atom. The third-order valence-corrected chi connectivity index (χ3v) is 4.60. The predicted molar refractivity (Wildman–Crippen MR) is 95.5 cm³/mol. The lowest BCUT2D eigenvalue weighted by molar-refractivity contribution is -0.137. The van der Waals surface area contributed by atoms with Gasteiger partial charge in [-0.1, -0.05) is 17.7 Å². The summed E-state index contributed by atoms with van der Waals surface area (Å²) in [6, 6.07) is 8.27. The third-order valence-electron chi connectivity index (χ3n) is 4.37. The minimum Gasteiger partial charge on any atom is -0.486 e. The van der Waals surface area contributed by atoms with Gasteiger partial charge in [0.25, 0.3) is 0 Å². The van der Waals surface area contributed by atoms with E-state index >= 15 is 0 Å². The predicted octanol–water partition coefficient (Wildman–Crippen LogP) is 5.05. The first-order chi connectivity index (χ1) is 12.6. The molecule has 0 bridgehead atoms. The van der Waals surface area contributed by atoms with Crippen LogP contribution in [0.25, 0.3) is 0 Å². The number of fused-ring (bicyclic) bond motifs is 1. The van der Waals surface area contributed by atoms with E-state index in [4.69, 9.17) is 21.1 Å². The number of anilines is 1. The summed E-state index contributed by atoms with van der Waals surface area (Å²) < 4.78 is 50.7. The number of hydrogen-bond donors (Lipinski definition) is 1. The Morgan fingerprint density at radius 3 is 2.37 bits per heavy atom. The van der Waals surface area contributed by atoms with Gasteiger partial charge in [-0.25, -0.2) is 0 Å². The van der Waals surface area contributed by atoms with Gasteiger partial charge in [-0.3, -0.25) is 4.79 Å². The highest BCUT2D eigenvalue weighted by Gasteiger charge is 2.36. The maximum Gasteiger partial charge on any atom is 0.418 e. The summed E-state index contributed by atoms with van der Waals surface area (Å²) in [6.07, 6.45) is -4.64. The van der Waals surface area contributed by atoms with E-state index < -0.39 is 23.1 Å². The van der Waals surface area contributed by atoms with Gasteiger partial charge in [0.2, 0.25) is 5.91 Å². The maximum absolute atomic E-state index is 13.2. The first-order valence-corrected chi connectivity index (χ1v) is 8.55. The van der Waals surface area contributed by atoms with Crippen molar-refractivity contribution >= 4 is 23.2 Å². The van der Waals surface area contributed by atoms with Crippen molar-refractivity contribution in [3.63, 3.8) is 0 Å². The van der Waals surface area contributed by atoms with Crippen LogP contribution in [0.1, 0.15) is 25.0 Å². The number of alkyl halides is 3. The van der Waals surface area contributed by atoms with E-state index in [9.17, 15) is 18.0 Å². The SMILES string of the molecule is CC(C)(C(=O)Nc1ccc(Cl)cc1C(F)(F)F)c1ccc2c(c1)OCCO2. The second-order valence-electron chi connectivity index (χ2n) is 6.63. The summed E-state index contributed by atoms with van der Waals surface area (Å²) in [5.74, 6) is 0.479. The summed E-state index contributed by atoms with van der Waals surface area (Å²) >= 11 is 5.67. The zero-order valence-electron chi connectivity index (χ0n) is 14.6. The number of carbonyl (C=O) groups excluding carboxylic acids is 1. The van der Waals surface area contributed by atoms with E-state index in [1.807, 2.05) is 0 Å². The van der Waals surface area contributed by atoms with Crippen LogP contribution < -0.4 is 14.8 Å². The van der Waals surface area contributed by atoms with Crippen molar-refractivity contribution in [2.24, 2.45) is 0 Å². The fourth-order valence-corrected chi connectivity index (χ4v) is 2.87. The molecule has 0 spiro atoms. The van der Waals surface area contributed by atoms with Crippen LogP contribution in [-0.4, -0.2) is 19.1 Å². The van der Waals surface area contributed by atoms with Crippen molar-refractivity contribution in [1.29, 1.82) is 0 Å². The molecule has 27 heavy (non-hydrogen) atoms. The molecule has 0 radical (unpaired) electrons. The lowest BCUT2D eigenvalue weighted by Crippen LogP contribution is -2.35. The number of hydrogen-bond acceptors (Lipinski definition) is 3. The lowest BCUT2D eigenvalue weighted by Gasteiger charge is -2.27. The van der Waals surface area contributed by atoms with E-state index in [2.05, 4.69) is 5.32 Å². The topological polar surface area (TPSA) is 47.6 Å². The van der Waals surface area contributed by atoms with Crippen LogP contribution in [0.5, 0.6) is 11.5 Å². The van der Waals surface area contributed by atoms with Crippen molar-refractivity contribution in [3.8, 4) is 11.5 Å². The van der Waals surface area contributed by atoms with Gasteiger partial charge in [0.05, 0.1) is 16.7 Å². The van der Waals surface area contributed by atoms with Crippen molar-refractivity contribution in [1.82, 2.24) is 0 Å². The molecule has 144 valence electrons. The highest BCUT2D eigenvalue weighted by atomic mass is 35.5. The number of carbonyl (C=O) groups is 1. The van der Waals surface area contributed by atoms with Gasteiger partial charge in [0.1, 0.15) is 13.2 Å². The second kappa shape index (κ2) is 6.96. The van der Waals surface area contributed by atoms with E-state index in [-0.39, 0.29) is 10.7 Å². The number of halogens is 4. The van der Waals surface area contributed by atoms with Gasteiger partial charge in [0, 0.05) is 5.02 Å². The van der Waals surface area contributed by atoms with Gasteiger partial charge < -0.3 is 14.8 Å². The summed E-state index contributed by atoms with van der Waals surface area (Å²) in [6.45, 7) is 4.07. The standard InChI is InChI=1S/C19H17ClF3NO3/c1-18(2,11-3-6-15-16(9-11)27-8-7-26-15)17(25)24-14-5-4-12(20)10-13(14)19(21,22)23/h3-6,9-10H,7-8H2,1-2H3,(H,24,25). The van der Waals surface area contributed by atoms with Crippen molar-refractivity contribution in [2.45, 2.75) is 25.4 Å². The van der Waals surface area contributed by atoms with Crippen LogP contribution in [0, 0.1) is 0 Å². The molecule has 4 nitrogen and oxygen atoms in total. The third kappa shape index (κ3) is 3.98. The Morgan fingerprint density at radius 1 is 1.04 bits per heavy atom. The van der Waals surface area contributed by atoms with Gasteiger partial charge in [-0.15, -0.1) is 0 Å². The highest BCUT2D eigenvalue weighted by molar-refractivity contribution is 6.30. The average molecular weight is 400 g/mol. The zero-order chi connectivity index (χ0) is 19.8. The molecule has 1 aliphatic heterocycles. The second-order valence-corrected chi connectivity index (χ2v) is 7.06.